The Labute approximate surface area is 188 Å². The second kappa shape index (κ2) is 10.8. The maximum atomic E-state index is 13.3. The molecule has 1 saturated carbocycles. The molecule has 0 aromatic heterocycles. The van der Waals surface area contributed by atoms with Crippen molar-refractivity contribution in [3.63, 3.8) is 0 Å². The van der Waals surface area contributed by atoms with Crippen molar-refractivity contribution in [1.29, 1.82) is 0 Å². The normalized spacial score (nSPS) is 15.0. The Morgan fingerprint density at radius 3 is 2.30 bits per heavy atom. The molecule has 30 heavy (non-hydrogen) atoms. The number of hydrogen-bond donors (Lipinski definition) is 1. The van der Waals surface area contributed by atoms with Gasteiger partial charge in [-0.15, -0.1) is 11.6 Å². The van der Waals surface area contributed by atoms with E-state index in [1.54, 1.807) is 4.90 Å². The van der Waals surface area contributed by atoms with Gasteiger partial charge in [-0.3, -0.25) is 9.59 Å². The lowest BCUT2D eigenvalue weighted by Crippen LogP contribution is -2.47. The fraction of sp³-hybridized carbons (Fsp3) is 0.417. The van der Waals surface area contributed by atoms with Crippen LogP contribution in [0.25, 0.3) is 0 Å². The van der Waals surface area contributed by atoms with Crippen molar-refractivity contribution >= 4 is 35.0 Å². The van der Waals surface area contributed by atoms with Gasteiger partial charge in [0.15, 0.2) is 0 Å². The molecule has 160 valence electrons. The molecule has 1 unspecified atom stereocenters. The van der Waals surface area contributed by atoms with Gasteiger partial charge < -0.3 is 10.2 Å². The topological polar surface area (TPSA) is 49.4 Å². The Hall–Kier alpha value is -2.04. The predicted octanol–water partition coefficient (Wildman–Crippen LogP) is 5.06. The molecule has 2 aromatic carbocycles. The standard InChI is InChI=1S/C24H28Cl2N2O2/c1-17-6-10-19(11-7-17)23(24(30)27-21-4-2-3-5-21)28(22(29)16-25)15-14-18-8-12-20(26)13-9-18/h6-13,21,23H,2-5,14-16H2,1H3,(H,27,30). The van der Waals surface area contributed by atoms with Crippen molar-refractivity contribution in [2.45, 2.75) is 51.1 Å². The number of nitrogens with one attached hydrogen (secondary N) is 1. The van der Waals surface area contributed by atoms with Crippen molar-refractivity contribution in [2.75, 3.05) is 12.4 Å². The van der Waals surface area contributed by atoms with Crippen LogP contribution in [0.15, 0.2) is 48.5 Å². The number of rotatable bonds is 8. The maximum absolute atomic E-state index is 13.3. The third kappa shape index (κ3) is 5.99. The number of benzene rings is 2. The molecular formula is C24H28Cl2N2O2. The summed E-state index contributed by atoms with van der Waals surface area (Å²) < 4.78 is 0. The third-order valence-electron chi connectivity index (χ3n) is 5.64. The van der Waals surface area contributed by atoms with Gasteiger partial charge >= 0.3 is 0 Å². The summed E-state index contributed by atoms with van der Waals surface area (Å²) in [6.07, 6.45) is 4.84. The Kier molecular flexibility index (Phi) is 8.17. The smallest absolute Gasteiger partial charge is 0.247 e. The number of nitrogens with zero attached hydrogens (tertiary/aromatic N) is 1. The fourth-order valence-corrected chi connectivity index (χ4v) is 4.23. The van der Waals surface area contributed by atoms with Crippen molar-refractivity contribution in [3.05, 3.63) is 70.2 Å². The van der Waals surface area contributed by atoms with Crippen LogP contribution in [-0.2, 0) is 16.0 Å². The highest BCUT2D eigenvalue weighted by Gasteiger charge is 2.32. The molecule has 0 heterocycles. The summed E-state index contributed by atoms with van der Waals surface area (Å²) in [6, 6.07) is 14.8. The van der Waals surface area contributed by atoms with Crippen LogP contribution in [0.5, 0.6) is 0 Å². The Balaban J connectivity index is 1.86. The monoisotopic (exact) mass is 446 g/mol. The summed E-state index contributed by atoms with van der Waals surface area (Å²) >= 11 is 11.9. The number of carbonyl (C=O) groups excluding carboxylic acids is 2. The Morgan fingerprint density at radius 2 is 1.70 bits per heavy atom. The number of amides is 2. The van der Waals surface area contributed by atoms with Crippen LogP contribution in [0.1, 0.15) is 48.4 Å². The highest BCUT2D eigenvalue weighted by atomic mass is 35.5. The van der Waals surface area contributed by atoms with Crippen LogP contribution in [0.2, 0.25) is 5.02 Å². The predicted molar refractivity (Wildman–Crippen MR) is 122 cm³/mol. The number of halogens is 2. The second-order valence-electron chi connectivity index (χ2n) is 7.90. The first-order valence-corrected chi connectivity index (χ1v) is 11.4. The van der Waals surface area contributed by atoms with E-state index in [4.69, 9.17) is 23.2 Å². The first kappa shape index (κ1) is 22.6. The fourth-order valence-electron chi connectivity index (χ4n) is 3.95. The van der Waals surface area contributed by atoms with E-state index in [1.165, 1.54) is 0 Å². The molecule has 1 N–H and O–H groups in total. The van der Waals surface area contributed by atoms with Gasteiger partial charge in [-0.1, -0.05) is 66.4 Å². The highest BCUT2D eigenvalue weighted by molar-refractivity contribution is 6.30. The van der Waals surface area contributed by atoms with Gasteiger partial charge in [0, 0.05) is 17.6 Å². The molecule has 0 aliphatic heterocycles. The largest absolute Gasteiger partial charge is 0.351 e. The molecule has 0 bridgehead atoms. The van der Waals surface area contributed by atoms with Crippen molar-refractivity contribution < 1.29 is 9.59 Å². The highest BCUT2D eigenvalue weighted by Crippen LogP contribution is 2.25. The summed E-state index contributed by atoms with van der Waals surface area (Å²) in [5.74, 6) is -0.558. The van der Waals surface area contributed by atoms with Crippen LogP contribution < -0.4 is 5.32 Å². The van der Waals surface area contributed by atoms with Crippen LogP contribution in [0.4, 0.5) is 0 Å². The maximum Gasteiger partial charge on any atom is 0.247 e. The summed E-state index contributed by atoms with van der Waals surface area (Å²) in [7, 11) is 0. The molecule has 3 rings (SSSR count). The first-order chi connectivity index (χ1) is 14.5. The van der Waals surface area contributed by atoms with Crippen LogP contribution in [0, 0.1) is 6.92 Å². The van der Waals surface area contributed by atoms with Crippen molar-refractivity contribution in [3.8, 4) is 0 Å². The van der Waals surface area contributed by atoms with Gasteiger partial charge in [-0.25, -0.2) is 0 Å². The molecule has 2 aromatic rings. The number of alkyl halides is 1. The quantitative estimate of drug-likeness (QED) is 0.576. The molecule has 2 amide bonds. The zero-order valence-corrected chi connectivity index (χ0v) is 18.8. The van der Waals surface area contributed by atoms with Crippen molar-refractivity contribution in [1.82, 2.24) is 10.2 Å². The van der Waals surface area contributed by atoms with Gasteiger partial charge in [-0.2, -0.15) is 0 Å². The molecule has 1 aliphatic rings. The van der Waals surface area contributed by atoms with Crippen molar-refractivity contribution in [2.24, 2.45) is 0 Å². The van der Waals surface area contributed by atoms with E-state index in [0.717, 1.165) is 42.4 Å². The van der Waals surface area contributed by atoms with Gasteiger partial charge in [0.05, 0.1) is 0 Å². The minimum absolute atomic E-state index is 0.139. The Bertz CT molecular complexity index is 847. The number of carbonyl (C=O) groups is 2. The lowest BCUT2D eigenvalue weighted by atomic mass is 10.0. The molecule has 1 atom stereocenters. The third-order valence-corrected chi connectivity index (χ3v) is 6.12. The van der Waals surface area contributed by atoms with E-state index in [1.807, 2.05) is 55.5 Å². The van der Waals surface area contributed by atoms with Gasteiger partial charge in [0.1, 0.15) is 11.9 Å². The van der Waals surface area contributed by atoms with Crippen LogP contribution in [0.3, 0.4) is 0 Å². The van der Waals surface area contributed by atoms with E-state index >= 15 is 0 Å². The average Bonchev–Trinajstić information content (AvgIpc) is 3.25. The molecule has 1 fully saturated rings. The van der Waals surface area contributed by atoms with E-state index < -0.39 is 6.04 Å². The van der Waals surface area contributed by atoms with E-state index in [9.17, 15) is 9.59 Å². The van der Waals surface area contributed by atoms with Gasteiger partial charge in [0.2, 0.25) is 11.8 Å². The lowest BCUT2D eigenvalue weighted by Gasteiger charge is -2.32. The minimum atomic E-state index is -0.704. The number of aryl methyl sites for hydroxylation is 1. The molecule has 4 nitrogen and oxygen atoms in total. The summed E-state index contributed by atoms with van der Waals surface area (Å²) in [5, 5.41) is 3.83. The van der Waals surface area contributed by atoms with Crippen LogP contribution in [-0.4, -0.2) is 35.2 Å². The molecule has 1 aliphatic carbocycles. The molecular weight excluding hydrogens is 419 g/mol. The van der Waals surface area contributed by atoms with Gasteiger partial charge in [-0.05, 0) is 49.4 Å². The van der Waals surface area contributed by atoms with E-state index in [-0.39, 0.29) is 23.7 Å². The average molecular weight is 447 g/mol. The first-order valence-electron chi connectivity index (χ1n) is 10.4. The lowest BCUT2D eigenvalue weighted by molar-refractivity contribution is -0.139. The summed E-state index contributed by atoms with van der Waals surface area (Å²) in [6.45, 7) is 2.39. The van der Waals surface area contributed by atoms with E-state index in [0.29, 0.717) is 18.0 Å². The zero-order valence-electron chi connectivity index (χ0n) is 17.2. The zero-order chi connectivity index (χ0) is 21.5. The minimum Gasteiger partial charge on any atom is -0.351 e. The van der Waals surface area contributed by atoms with E-state index in [2.05, 4.69) is 5.32 Å². The van der Waals surface area contributed by atoms with Crippen LogP contribution >= 0.6 is 23.2 Å². The second-order valence-corrected chi connectivity index (χ2v) is 8.60. The number of hydrogen-bond acceptors (Lipinski definition) is 2. The Morgan fingerprint density at radius 1 is 1.07 bits per heavy atom. The molecule has 0 saturated heterocycles. The van der Waals surface area contributed by atoms with Gasteiger partial charge in [0.25, 0.3) is 0 Å². The summed E-state index contributed by atoms with van der Waals surface area (Å²) in [4.78, 5) is 27.7. The molecule has 0 spiro atoms. The SMILES string of the molecule is Cc1ccc(C(C(=O)NC2CCCC2)N(CCc2ccc(Cl)cc2)C(=O)CCl)cc1. The molecule has 6 heteroatoms. The molecule has 0 radical (unpaired) electrons. The summed E-state index contributed by atoms with van der Waals surface area (Å²) in [5.41, 5.74) is 2.95.